The predicted octanol–water partition coefficient (Wildman–Crippen LogP) is 4.79. The zero-order chi connectivity index (χ0) is 17.7. The van der Waals surface area contributed by atoms with Crippen LogP contribution in [0.2, 0.25) is 10.0 Å². The molecule has 0 unspecified atom stereocenters. The number of amides is 1. The lowest BCUT2D eigenvalue weighted by molar-refractivity contribution is -0.146. The van der Waals surface area contributed by atoms with Crippen LogP contribution in [-0.2, 0) is 20.7 Å². The van der Waals surface area contributed by atoms with Gasteiger partial charge in [-0.05, 0) is 48.4 Å². The predicted molar refractivity (Wildman–Crippen MR) is 98.6 cm³/mol. The Bertz CT molecular complexity index is 780. The van der Waals surface area contributed by atoms with Crippen LogP contribution in [0.1, 0.15) is 11.1 Å². The van der Waals surface area contributed by atoms with Crippen molar-refractivity contribution in [2.45, 2.75) is 13.3 Å². The molecule has 1 N–H and O–H groups in total. The Labute approximate surface area is 158 Å². The van der Waals surface area contributed by atoms with Crippen LogP contribution < -0.4 is 5.32 Å². The van der Waals surface area contributed by atoms with Crippen molar-refractivity contribution in [2.24, 2.45) is 0 Å². The van der Waals surface area contributed by atoms with Crippen LogP contribution in [0.25, 0.3) is 0 Å². The highest BCUT2D eigenvalue weighted by Crippen LogP contribution is 2.23. The van der Waals surface area contributed by atoms with Crippen molar-refractivity contribution in [3.63, 3.8) is 0 Å². The quantitative estimate of drug-likeness (QED) is 0.693. The van der Waals surface area contributed by atoms with Crippen LogP contribution in [-0.4, -0.2) is 18.5 Å². The molecule has 0 spiro atoms. The van der Waals surface area contributed by atoms with Crippen molar-refractivity contribution in [1.82, 2.24) is 0 Å². The van der Waals surface area contributed by atoms with Crippen molar-refractivity contribution >= 4 is 56.7 Å². The van der Waals surface area contributed by atoms with Gasteiger partial charge < -0.3 is 10.1 Å². The summed E-state index contributed by atoms with van der Waals surface area (Å²) in [7, 11) is 0. The zero-order valence-electron chi connectivity index (χ0n) is 12.7. The van der Waals surface area contributed by atoms with Crippen molar-refractivity contribution in [3.8, 4) is 0 Å². The third-order valence-electron chi connectivity index (χ3n) is 3.16. The lowest BCUT2D eigenvalue weighted by Crippen LogP contribution is -2.22. The Hall–Kier alpha value is -1.56. The van der Waals surface area contributed by atoms with Crippen LogP contribution in [0.5, 0.6) is 0 Å². The number of rotatable bonds is 5. The second-order valence-electron chi connectivity index (χ2n) is 5.09. The number of esters is 1. The molecule has 7 heteroatoms. The lowest BCUT2D eigenvalue weighted by atomic mass is 10.1. The summed E-state index contributed by atoms with van der Waals surface area (Å²) >= 11 is 15.1. The smallest absolute Gasteiger partial charge is 0.310 e. The topological polar surface area (TPSA) is 55.4 Å². The van der Waals surface area contributed by atoms with Crippen LogP contribution in [0.4, 0.5) is 5.69 Å². The van der Waals surface area contributed by atoms with Crippen LogP contribution >= 0.6 is 39.1 Å². The van der Waals surface area contributed by atoms with Crippen LogP contribution in [0.3, 0.4) is 0 Å². The molecule has 1 amide bonds. The molecule has 126 valence electrons. The molecular formula is C17H14BrCl2NO3. The molecule has 0 aliphatic heterocycles. The maximum atomic E-state index is 11.9. The van der Waals surface area contributed by atoms with Gasteiger partial charge in [-0.15, -0.1) is 0 Å². The van der Waals surface area contributed by atoms with E-state index in [2.05, 4.69) is 21.2 Å². The summed E-state index contributed by atoms with van der Waals surface area (Å²) in [6.45, 7) is 1.52. The van der Waals surface area contributed by atoms with Gasteiger partial charge in [0.15, 0.2) is 6.61 Å². The summed E-state index contributed by atoms with van der Waals surface area (Å²) in [5, 5.41) is 3.48. The minimum Gasteiger partial charge on any atom is -0.455 e. The number of aryl methyl sites for hydroxylation is 1. The fourth-order valence-electron chi connectivity index (χ4n) is 1.97. The number of halogens is 3. The van der Waals surface area contributed by atoms with Gasteiger partial charge in [0.25, 0.3) is 5.91 Å². The van der Waals surface area contributed by atoms with Gasteiger partial charge in [0.2, 0.25) is 0 Å². The molecule has 2 aromatic rings. The van der Waals surface area contributed by atoms with Gasteiger partial charge in [0.1, 0.15) is 0 Å². The Morgan fingerprint density at radius 1 is 1.12 bits per heavy atom. The van der Waals surface area contributed by atoms with Gasteiger partial charge in [-0.25, -0.2) is 0 Å². The number of hydrogen-bond acceptors (Lipinski definition) is 3. The number of benzene rings is 2. The average Bonchev–Trinajstić information content (AvgIpc) is 2.52. The molecule has 0 aliphatic carbocycles. The number of ether oxygens (including phenoxy) is 1. The Balaban J connectivity index is 1.84. The molecule has 2 aromatic carbocycles. The molecular weight excluding hydrogens is 417 g/mol. The highest BCUT2D eigenvalue weighted by molar-refractivity contribution is 9.10. The molecule has 4 nitrogen and oxygen atoms in total. The second kappa shape index (κ2) is 8.51. The fourth-order valence-corrected chi connectivity index (χ4v) is 2.76. The maximum absolute atomic E-state index is 11.9. The normalized spacial score (nSPS) is 10.3. The summed E-state index contributed by atoms with van der Waals surface area (Å²) in [5.74, 6) is -0.918. The summed E-state index contributed by atoms with van der Waals surface area (Å²) in [6, 6.07) is 10.4. The lowest BCUT2D eigenvalue weighted by Gasteiger charge is -2.09. The first-order valence-electron chi connectivity index (χ1n) is 7.00. The monoisotopic (exact) mass is 429 g/mol. The molecule has 0 aliphatic rings. The van der Waals surface area contributed by atoms with E-state index < -0.39 is 11.9 Å². The number of carbonyl (C=O) groups excluding carboxylic acids is 2. The van der Waals surface area contributed by atoms with E-state index in [1.165, 1.54) is 0 Å². The van der Waals surface area contributed by atoms with Crippen LogP contribution in [0, 0.1) is 6.92 Å². The first-order valence-corrected chi connectivity index (χ1v) is 8.55. The molecule has 0 saturated heterocycles. The van der Waals surface area contributed by atoms with E-state index in [-0.39, 0.29) is 13.0 Å². The highest BCUT2D eigenvalue weighted by atomic mass is 79.9. The third kappa shape index (κ3) is 5.51. The molecule has 0 radical (unpaired) electrons. The first-order chi connectivity index (χ1) is 11.3. The number of nitrogens with one attached hydrogen (secondary N) is 1. The van der Waals surface area contributed by atoms with Gasteiger partial charge in [-0.1, -0.05) is 45.2 Å². The molecule has 2 rings (SSSR count). The van der Waals surface area contributed by atoms with Crippen LogP contribution in [0.15, 0.2) is 40.9 Å². The van der Waals surface area contributed by atoms with Crippen molar-refractivity contribution in [1.29, 1.82) is 0 Å². The standard InChI is InChI=1S/C17H14BrCl2NO3/c1-10-6-12(18)3-5-15(10)21-16(22)9-24-17(23)8-11-2-4-13(19)14(20)7-11/h2-7H,8-9H2,1H3,(H,21,22). The summed E-state index contributed by atoms with van der Waals surface area (Å²) < 4.78 is 5.90. The van der Waals surface area contributed by atoms with Gasteiger partial charge in [0.05, 0.1) is 16.5 Å². The first kappa shape index (κ1) is 18.8. The molecule has 24 heavy (non-hydrogen) atoms. The van der Waals surface area contributed by atoms with E-state index in [0.717, 1.165) is 10.0 Å². The van der Waals surface area contributed by atoms with E-state index in [9.17, 15) is 9.59 Å². The molecule has 0 saturated carbocycles. The van der Waals surface area contributed by atoms with Gasteiger partial charge in [-0.3, -0.25) is 9.59 Å². The minimum atomic E-state index is -0.518. The fraction of sp³-hybridized carbons (Fsp3) is 0.176. The summed E-state index contributed by atoms with van der Waals surface area (Å²) in [4.78, 5) is 23.7. The minimum absolute atomic E-state index is 0.0154. The molecule has 0 bridgehead atoms. The number of anilines is 1. The van der Waals surface area contributed by atoms with Crippen molar-refractivity contribution < 1.29 is 14.3 Å². The van der Waals surface area contributed by atoms with E-state index in [4.69, 9.17) is 27.9 Å². The van der Waals surface area contributed by atoms with E-state index in [0.29, 0.717) is 21.3 Å². The average molecular weight is 431 g/mol. The van der Waals surface area contributed by atoms with Gasteiger partial charge >= 0.3 is 5.97 Å². The highest BCUT2D eigenvalue weighted by Gasteiger charge is 2.11. The molecule has 0 atom stereocenters. The molecule has 0 aromatic heterocycles. The second-order valence-corrected chi connectivity index (χ2v) is 6.82. The number of carbonyl (C=O) groups is 2. The maximum Gasteiger partial charge on any atom is 0.310 e. The molecule has 0 heterocycles. The van der Waals surface area contributed by atoms with E-state index >= 15 is 0 Å². The van der Waals surface area contributed by atoms with E-state index in [1.54, 1.807) is 24.3 Å². The number of hydrogen-bond donors (Lipinski definition) is 1. The largest absolute Gasteiger partial charge is 0.455 e. The van der Waals surface area contributed by atoms with Gasteiger partial charge in [-0.2, -0.15) is 0 Å². The van der Waals surface area contributed by atoms with Crippen molar-refractivity contribution in [3.05, 3.63) is 62.0 Å². The van der Waals surface area contributed by atoms with Crippen molar-refractivity contribution in [2.75, 3.05) is 11.9 Å². The van der Waals surface area contributed by atoms with Gasteiger partial charge in [0, 0.05) is 10.2 Å². The molecule has 0 fully saturated rings. The summed E-state index contributed by atoms with van der Waals surface area (Å²) in [5.41, 5.74) is 2.24. The summed E-state index contributed by atoms with van der Waals surface area (Å²) in [6.07, 6.45) is 0.0154. The Kier molecular flexibility index (Phi) is 6.66. The third-order valence-corrected chi connectivity index (χ3v) is 4.39. The Morgan fingerprint density at radius 2 is 1.88 bits per heavy atom. The van der Waals surface area contributed by atoms with E-state index in [1.807, 2.05) is 19.1 Å². The Morgan fingerprint density at radius 3 is 2.54 bits per heavy atom. The zero-order valence-corrected chi connectivity index (χ0v) is 15.8. The SMILES string of the molecule is Cc1cc(Br)ccc1NC(=O)COC(=O)Cc1ccc(Cl)c(Cl)c1.